The zero-order valence-electron chi connectivity index (χ0n) is 13.6. The van der Waals surface area contributed by atoms with E-state index < -0.39 is 5.97 Å². The second-order valence-corrected chi connectivity index (χ2v) is 6.41. The van der Waals surface area contributed by atoms with Gasteiger partial charge in [0.15, 0.2) is 5.71 Å². The fourth-order valence-corrected chi connectivity index (χ4v) is 2.67. The molecule has 0 fully saturated rings. The predicted octanol–water partition coefficient (Wildman–Crippen LogP) is 5.13. The van der Waals surface area contributed by atoms with Crippen molar-refractivity contribution in [3.8, 4) is 5.75 Å². The van der Waals surface area contributed by atoms with Crippen LogP contribution in [0.2, 0.25) is 5.02 Å². The first-order valence-corrected chi connectivity index (χ1v) is 8.43. The van der Waals surface area contributed by atoms with E-state index in [4.69, 9.17) is 39.5 Å². The number of rotatable bonds is 7. The highest BCUT2D eigenvalue weighted by Gasteiger charge is 2.17. The summed E-state index contributed by atoms with van der Waals surface area (Å²) in [6.45, 7) is 0.0946. The number of halogens is 3. The number of carboxylic acids is 1. The molecular weight excluding hydrogens is 401 g/mol. The van der Waals surface area contributed by atoms with E-state index in [9.17, 15) is 9.90 Å². The molecule has 2 aromatic rings. The minimum atomic E-state index is -1.20. The number of aliphatic carboxylic acids is 1. The van der Waals surface area contributed by atoms with Crippen molar-refractivity contribution in [2.75, 3.05) is 7.11 Å². The van der Waals surface area contributed by atoms with Gasteiger partial charge in [0.05, 0.1) is 5.02 Å². The molecule has 0 spiro atoms. The molecule has 0 aromatic heterocycles. The second kappa shape index (κ2) is 9.48. The molecule has 0 amide bonds. The average Bonchev–Trinajstić information content (AvgIpc) is 2.58. The molecule has 0 bridgehead atoms. The largest absolute Gasteiger partial charge is 0.487 e. The van der Waals surface area contributed by atoms with E-state index in [1.807, 2.05) is 0 Å². The topological polar surface area (TPSA) is 68.1 Å². The third-order valence-corrected chi connectivity index (χ3v) is 3.79. The summed E-state index contributed by atoms with van der Waals surface area (Å²) in [6, 6.07) is 11.9. The molecule has 2 rings (SSSR count). The van der Waals surface area contributed by atoms with Crippen molar-refractivity contribution in [1.29, 1.82) is 0 Å². The van der Waals surface area contributed by atoms with E-state index in [-0.39, 0.29) is 16.8 Å². The number of carboxylic acid groups (broad SMARTS) is 1. The summed E-state index contributed by atoms with van der Waals surface area (Å²) in [5.41, 5.74) is 1.53. The Morgan fingerprint density at radius 3 is 2.58 bits per heavy atom. The smallest absolute Gasteiger partial charge is 0.358 e. The molecule has 0 aliphatic heterocycles. The first kappa shape index (κ1) is 20.1. The Morgan fingerprint density at radius 2 is 1.96 bits per heavy atom. The van der Waals surface area contributed by atoms with E-state index in [0.717, 1.165) is 5.56 Å². The highest BCUT2D eigenvalue weighted by molar-refractivity contribution is 6.57. The zero-order valence-corrected chi connectivity index (χ0v) is 15.8. The van der Waals surface area contributed by atoms with Crippen LogP contribution in [0.4, 0.5) is 0 Å². The molecule has 0 aliphatic carbocycles. The number of nitrogens with zero attached hydrogens (tertiary/aromatic N) is 1. The van der Waals surface area contributed by atoms with Crippen LogP contribution in [-0.2, 0) is 16.2 Å². The van der Waals surface area contributed by atoms with Gasteiger partial charge < -0.3 is 14.7 Å². The van der Waals surface area contributed by atoms with E-state index in [0.29, 0.717) is 21.9 Å². The Balaban J connectivity index is 2.24. The van der Waals surface area contributed by atoms with Crippen molar-refractivity contribution in [3.63, 3.8) is 0 Å². The van der Waals surface area contributed by atoms with Crippen molar-refractivity contribution in [1.82, 2.24) is 0 Å². The Bertz CT molecular complexity index is 861. The molecule has 0 saturated carbocycles. The maximum Gasteiger partial charge on any atom is 0.358 e. The molecule has 5 nitrogen and oxygen atoms in total. The lowest BCUT2D eigenvalue weighted by molar-refractivity contribution is -0.129. The molecular formula is C18H14Cl3NO4. The van der Waals surface area contributed by atoms with Crippen molar-refractivity contribution < 1.29 is 19.5 Å². The van der Waals surface area contributed by atoms with Gasteiger partial charge in [-0.1, -0.05) is 70.3 Å². The van der Waals surface area contributed by atoms with Crippen LogP contribution in [0.25, 0.3) is 6.08 Å². The summed E-state index contributed by atoms with van der Waals surface area (Å²) in [6.07, 6.45) is 1.55. The minimum Gasteiger partial charge on any atom is -0.487 e. The number of ether oxygens (including phenoxy) is 1. The summed E-state index contributed by atoms with van der Waals surface area (Å²) in [4.78, 5) is 16.0. The molecule has 8 heteroatoms. The van der Waals surface area contributed by atoms with Gasteiger partial charge in [0.2, 0.25) is 0 Å². The lowest BCUT2D eigenvalue weighted by atomic mass is 10.0. The molecule has 0 saturated heterocycles. The molecule has 0 radical (unpaired) electrons. The Hall–Kier alpha value is -2.21. The standard InChI is InChI=1S/C18H14Cl3NO4/c1-25-22-17(18(23)24)13-5-3-2-4-12(13)10-26-15-7-6-11(8-14(15)19)9-16(20)21/h2-9H,10H2,1H3,(H,23,24)/b22-17+. The quantitative estimate of drug-likeness (QED) is 0.504. The van der Waals surface area contributed by atoms with Crippen molar-refractivity contribution in [3.05, 3.63) is 68.7 Å². The van der Waals surface area contributed by atoms with Gasteiger partial charge in [-0.15, -0.1) is 0 Å². The molecule has 1 N–H and O–H groups in total. The van der Waals surface area contributed by atoms with Crippen molar-refractivity contribution in [2.24, 2.45) is 5.16 Å². The summed E-state index contributed by atoms with van der Waals surface area (Å²) in [5.74, 6) is -0.767. The lowest BCUT2D eigenvalue weighted by Gasteiger charge is -2.12. The molecule has 0 unspecified atom stereocenters. The van der Waals surface area contributed by atoms with Crippen LogP contribution in [-0.4, -0.2) is 23.9 Å². The van der Waals surface area contributed by atoms with Gasteiger partial charge >= 0.3 is 5.97 Å². The van der Waals surface area contributed by atoms with Crippen LogP contribution in [0, 0.1) is 0 Å². The number of benzene rings is 2. The molecule has 0 atom stereocenters. The third-order valence-electron chi connectivity index (χ3n) is 3.27. The van der Waals surface area contributed by atoms with Gasteiger partial charge in [0, 0.05) is 5.56 Å². The van der Waals surface area contributed by atoms with Crippen LogP contribution in [0.15, 0.2) is 52.1 Å². The Labute approximate surface area is 165 Å². The fourth-order valence-electron chi connectivity index (χ4n) is 2.18. The van der Waals surface area contributed by atoms with Crippen LogP contribution in [0.1, 0.15) is 16.7 Å². The predicted molar refractivity (Wildman–Crippen MR) is 103 cm³/mol. The van der Waals surface area contributed by atoms with Gasteiger partial charge in [-0.05, 0) is 29.3 Å². The van der Waals surface area contributed by atoms with Crippen LogP contribution < -0.4 is 4.74 Å². The number of oxime groups is 1. The molecule has 0 aliphatic rings. The molecule has 26 heavy (non-hydrogen) atoms. The van der Waals surface area contributed by atoms with Gasteiger partial charge in [-0.25, -0.2) is 4.79 Å². The zero-order chi connectivity index (χ0) is 19.1. The van der Waals surface area contributed by atoms with Gasteiger partial charge in [-0.2, -0.15) is 0 Å². The SMILES string of the molecule is CO/N=C(/C(=O)O)c1ccccc1COc1ccc(C=C(Cl)Cl)cc1Cl. The van der Waals surface area contributed by atoms with Gasteiger partial charge in [0.25, 0.3) is 0 Å². The number of hydrogen-bond donors (Lipinski definition) is 1. The summed E-state index contributed by atoms with van der Waals surface area (Å²) >= 11 is 17.5. The molecule has 0 heterocycles. The van der Waals surface area contributed by atoms with E-state index in [1.165, 1.54) is 7.11 Å². The third kappa shape index (κ3) is 5.39. The molecule has 136 valence electrons. The van der Waals surface area contributed by atoms with E-state index >= 15 is 0 Å². The monoisotopic (exact) mass is 413 g/mol. The van der Waals surface area contributed by atoms with Crippen LogP contribution in [0.3, 0.4) is 0 Å². The maximum atomic E-state index is 11.4. The van der Waals surface area contributed by atoms with E-state index in [1.54, 1.807) is 48.5 Å². The fraction of sp³-hybridized carbons (Fsp3) is 0.111. The van der Waals surface area contributed by atoms with Crippen LogP contribution >= 0.6 is 34.8 Å². The highest BCUT2D eigenvalue weighted by Crippen LogP contribution is 2.28. The molecule has 2 aromatic carbocycles. The summed E-state index contributed by atoms with van der Waals surface area (Å²) < 4.78 is 5.84. The van der Waals surface area contributed by atoms with Gasteiger partial charge in [0.1, 0.15) is 24.0 Å². The first-order valence-electron chi connectivity index (χ1n) is 7.30. The lowest BCUT2D eigenvalue weighted by Crippen LogP contribution is -2.17. The highest BCUT2D eigenvalue weighted by atomic mass is 35.5. The van der Waals surface area contributed by atoms with Crippen LogP contribution in [0.5, 0.6) is 5.75 Å². The second-order valence-electron chi connectivity index (χ2n) is 5.00. The Morgan fingerprint density at radius 1 is 1.23 bits per heavy atom. The first-order chi connectivity index (χ1) is 12.4. The van der Waals surface area contributed by atoms with Crippen molar-refractivity contribution in [2.45, 2.75) is 6.61 Å². The maximum absolute atomic E-state index is 11.4. The van der Waals surface area contributed by atoms with E-state index in [2.05, 4.69) is 9.99 Å². The normalized spacial score (nSPS) is 11.0. The Kier molecular flexibility index (Phi) is 7.33. The van der Waals surface area contributed by atoms with Crippen molar-refractivity contribution >= 4 is 52.6 Å². The summed E-state index contributed by atoms with van der Waals surface area (Å²) in [5, 5.41) is 13.3. The number of hydrogen-bond acceptors (Lipinski definition) is 4. The summed E-state index contributed by atoms with van der Waals surface area (Å²) in [7, 11) is 1.28. The van der Waals surface area contributed by atoms with Gasteiger partial charge in [-0.3, -0.25) is 0 Å². The average molecular weight is 415 g/mol. The minimum absolute atomic E-state index is 0.0946. The number of carbonyl (C=O) groups is 1.